The summed E-state index contributed by atoms with van der Waals surface area (Å²) in [6, 6.07) is 9.67. The molecule has 4 heteroatoms. The first kappa shape index (κ1) is 12.5. The number of urea groups is 1. The number of nitrogens with one attached hydrogen (secondary N) is 2. The van der Waals surface area contributed by atoms with Crippen LogP contribution in [0, 0.1) is 0 Å². The second-order valence-electron chi connectivity index (χ2n) is 3.53. The minimum Gasteiger partial charge on any atom is -0.383 e. The average molecular weight is 222 g/mol. The standard InChI is InChI=1S/C12H18N2O2/c1-10(11-6-4-3-5-7-11)14-12(15)13-8-9-16-2/h3-7,10H,8-9H2,1-2H3,(H2,13,14,15). The molecule has 1 atom stereocenters. The first-order valence-electron chi connectivity index (χ1n) is 5.32. The third kappa shape index (κ3) is 4.31. The van der Waals surface area contributed by atoms with Crippen LogP contribution in [0.3, 0.4) is 0 Å². The lowest BCUT2D eigenvalue weighted by atomic mass is 10.1. The van der Waals surface area contributed by atoms with Gasteiger partial charge in [0, 0.05) is 13.7 Å². The zero-order chi connectivity index (χ0) is 11.8. The van der Waals surface area contributed by atoms with Gasteiger partial charge < -0.3 is 15.4 Å². The molecule has 0 aliphatic carbocycles. The second kappa shape index (κ2) is 6.85. The molecular weight excluding hydrogens is 204 g/mol. The van der Waals surface area contributed by atoms with Crippen molar-refractivity contribution in [2.45, 2.75) is 13.0 Å². The summed E-state index contributed by atoms with van der Waals surface area (Å²) < 4.78 is 4.84. The fourth-order valence-electron chi connectivity index (χ4n) is 1.34. The van der Waals surface area contributed by atoms with Gasteiger partial charge in [0.25, 0.3) is 0 Å². The molecule has 16 heavy (non-hydrogen) atoms. The minimum atomic E-state index is -0.173. The van der Waals surface area contributed by atoms with Crippen LogP contribution >= 0.6 is 0 Å². The number of carbonyl (C=O) groups excluding carboxylic acids is 1. The molecule has 88 valence electrons. The number of benzene rings is 1. The summed E-state index contributed by atoms with van der Waals surface area (Å²) in [5.41, 5.74) is 1.09. The van der Waals surface area contributed by atoms with Crippen molar-refractivity contribution in [3.05, 3.63) is 35.9 Å². The van der Waals surface area contributed by atoms with Crippen molar-refractivity contribution >= 4 is 6.03 Å². The largest absolute Gasteiger partial charge is 0.383 e. The van der Waals surface area contributed by atoms with E-state index in [4.69, 9.17) is 4.74 Å². The van der Waals surface area contributed by atoms with Crippen LogP contribution in [0.1, 0.15) is 18.5 Å². The molecule has 0 aliphatic heterocycles. The molecule has 0 aromatic heterocycles. The first-order chi connectivity index (χ1) is 7.74. The summed E-state index contributed by atoms with van der Waals surface area (Å²) in [4.78, 5) is 11.4. The Morgan fingerprint density at radius 2 is 2.06 bits per heavy atom. The van der Waals surface area contributed by atoms with Crippen LogP contribution in [0.5, 0.6) is 0 Å². The molecule has 0 fully saturated rings. The van der Waals surface area contributed by atoms with E-state index in [1.807, 2.05) is 37.3 Å². The van der Waals surface area contributed by atoms with Crippen molar-refractivity contribution < 1.29 is 9.53 Å². The molecule has 0 aliphatic rings. The summed E-state index contributed by atoms with van der Waals surface area (Å²) in [6.45, 7) is 2.99. The Hall–Kier alpha value is -1.55. The Morgan fingerprint density at radius 1 is 1.38 bits per heavy atom. The van der Waals surface area contributed by atoms with Crippen LogP contribution in [0.4, 0.5) is 4.79 Å². The Labute approximate surface area is 96.0 Å². The molecule has 0 bridgehead atoms. The van der Waals surface area contributed by atoms with Crippen LogP contribution in [-0.2, 0) is 4.74 Å². The summed E-state index contributed by atoms with van der Waals surface area (Å²) in [5.74, 6) is 0. The molecule has 1 unspecified atom stereocenters. The quantitative estimate of drug-likeness (QED) is 0.745. The number of rotatable bonds is 5. The first-order valence-corrected chi connectivity index (χ1v) is 5.32. The number of carbonyl (C=O) groups is 1. The van der Waals surface area contributed by atoms with Gasteiger partial charge >= 0.3 is 6.03 Å². The molecular formula is C12H18N2O2. The van der Waals surface area contributed by atoms with Crippen LogP contribution in [0.15, 0.2) is 30.3 Å². The predicted octanol–water partition coefficient (Wildman–Crippen LogP) is 1.69. The second-order valence-corrected chi connectivity index (χ2v) is 3.53. The zero-order valence-corrected chi connectivity index (χ0v) is 9.69. The molecule has 0 heterocycles. The Balaban J connectivity index is 2.34. The van der Waals surface area contributed by atoms with Crippen molar-refractivity contribution in [1.82, 2.24) is 10.6 Å². The minimum absolute atomic E-state index is 0.00347. The highest BCUT2D eigenvalue weighted by molar-refractivity contribution is 5.74. The van der Waals surface area contributed by atoms with Crippen LogP contribution < -0.4 is 10.6 Å². The molecule has 2 N–H and O–H groups in total. The maximum Gasteiger partial charge on any atom is 0.315 e. The highest BCUT2D eigenvalue weighted by Gasteiger charge is 2.07. The SMILES string of the molecule is COCCNC(=O)NC(C)c1ccccc1. The number of hydrogen-bond acceptors (Lipinski definition) is 2. The van der Waals surface area contributed by atoms with Gasteiger partial charge in [0.2, 0.25) is 0 Å². The molecule has 1 aromatic rings. The van der Waals surface area contributed by atoms with Crippen LogP contribution in [0.25, 0.3) is 0 Å². The van der Waals surface area contributed by atoms with Crippen molar-refractivity contribution in [3.63, 3.8) is 0 Å². The lowest BCUT2D eigenvalue weighted by molar-refractivity contribution is 0.195. The molecule has 1 aromatic carbocycles. The number of methoxy groups -OCH3 is 1. The van der Waals surface area contributed by atoms with Gasteiger partial charge in [-0.2, -0.15) is 0 Å². The molecule has 0 radical (unpaired) electrons. The van der Waals surface area contributed by atoms with Gasteiger partial charge in [0.15, 0.2) is 0 Å². The van der Waals surface area contributed by atoms with Gasteiger partial charge in [-0.1, -0.05) is 30.3 Å². The smallest absolute Gasteiger partial charge is 0.315 e. The van der Waals surface area contributed by atoms with Gasteiger partial charge in [-0.05, 0) is 12.5 Å². The molecule has 0 spiro atoms. The van der Waals surface area contributed by atoms with Crippen LogP contribution in [0.2, 0.25) is 0 Å². The van der Waals surface area contributed by atoms with Gasteiger partial charge in [-0.15, -0.1) is 0 Å². The zero-order valence-electron chi connectivity index (χ0n) is 9.69. The predicted molar refractivity (Wildman–Crippen MR) is 63.3 cm³/mol. The summed E-state index contributed by atoms with van der Waals surface area (Å²) in [7, 11) is 1.60. The number of ether oxygens (including phenoxy) is 1. The fourth-order valence-corrected chi connectivity index (χ4v) is 1.34. The van der Waals surface area contributed by atoms with Crippen molar-refractivity contribution in [3.8, 4) is 0 Å². The monoisotopic (exact) mass is 222 g/mol. The van der Waals surface area contributed by atoms with E-state index in [0.717, 1.165) is 5.56 Å². The molecule has 0 saturated carbocycles. The normalized spacial score (nSPS) is 11.9. The molecule has 0 saturated heterocycles. The van der Waals surface area contributed by atoms with E-state index in [1.54, 1.807) is 7.11 Å². The van der Waals surface area contributed by atoms with Gasteiger partial charge in [-0.3, -0.25) is 0 Å². The number of amides is 2. The van der Waals surface area contributed by atoms with E-state index in [-0.39, 0.29) is 12.1 Å². The molecule has 4 nitrogen and oxygen atoms in total. The Morgan fingerprint density at radius 3 is 2.69 bits per heavy atom. The maximum absolute atomic E-state index is 11.4. The van der Waals surface area contributed by atoms with Gasteiger partial charge in [0.05, 0.1) is 12.6 Å². The van der Waals surface area contributed by atoms with Gasteiger partial charge in [-0.25, -0.2) is 4.79 Å². The third-order valence-corrected chi connectivity index (χ3v) is 2.24. The highest BCUT2D eigenvalue weighted by Crippen LogP contribution is 2.10. The van der Waals surface area contributed by atoms with Crippen molar-refractivity contribution in [2.24, 2.45) is 0 Å². The Kier molecular flexibility index (Phi) is 5.36. The maximum atomic E-state index is 11.4. The summed E-state index contributed by atoms with van der Waals surface area (Å²) >= 11 is 0. The average Bonchev–Trinajstić information content (AvgIpc) is 2.30. The third-order valence-electron chi connectivity index (χ3n) is 2.24. The molecule has 2 amide bonds. The highest BCUT2D eigenvalue weighted by atomic mass is 16.5. The van der Waals surface area contributed by atoms with Gasteiger partial charge in [0.1, 0.15) is 0 Å². The topological polar surface area (TPSA) is 50.4 Å². The van der Waals surface area contributed by atoms with Crippen molar-refractivity contribution in [1.29, 1.82) is 0 Å². The molecule has 1 rings (SSSR count). The number of hydrogen-bond donors (Lipinski definition) is 2. The Bertz CT molecular complexity index is 314. The van der Waals surface area contributed by atoms with Crippen molar-refractivity contribution in [2.75, 3.05) is 20.3 Å². The van der Waals surface area contributed by atoms with E-state index in [9.17, 15) is 4.79 Å². The summed E-state index contributed by atoms with van der Waals surface area (Å²) in [5, 5.41) is 5.56. The fraction of sp³-hybridized carbons (Fsp3) is 0.417. The lowest BCUT2D eigenvalue weighted by Crippen LogP contribution is -2.38. The van der Waals surface area contributed by atoms with E-state index < -0.39 is 0 Å². The van der Waals surface area contributed by atoms with E-state index in [1.165, 1.54) is 0 Å². The lowest BCUT2D eigenvalue weighted by Gasteiger charge is -2.14. The van der Waals surface area contributed by atoms with E-state index in [0.29, 0.717) is 13.2 Å². The van der Waals surface area contributed by atoms with E-state index >= 15 is 0 Å². The van der Waals surface area contributed by atoms with E-state index in [2.05, 4.69) is 10.6 Å². The van der Waals surface area contributed by atoms with Crippen LogP contribution in [-0.4, -0.2) is 26.3 Å². The summed E-state index contributed by atoms with van der Waals surface area (Å²) in [6.07, 6.45) is 0.